The molecule has 4 aliphatic rings. The van der Waals surface area contributed by atoms with Gasteiger partial charge in [-0.3, -0.25) is 14.5 Å². The fourth-order valence-electron chi connectivity index (χ4n) is 6.96. The van der Waals surface area contributed by atoms with E-state index in [0.29, 0.717) is 56.3 Å². The highest BCUT2D eigenvalue weighted by atomic mass is 16.7. The minimum atomic E-state index is -0.499. The third-order valence-corrected chi connectivity index (χ3v) is 8.98. The number of ether oxygens (including phenoxy) is 4. The van der Waals surface area contributed by atoms with Crippen molar-refractivity contribution in [1.29, 1.82) is 0 Å². The Morgan fingerprint density at radius 2 is 1.60 bits per heavy atom. The Labute approximate surface area is 251 Å². The number of benzene rings is 3. The molecule has 7 rings (SSSR count). The number of fused-ring (bicyclic) bond motifs is 5. The zero-order valence-corrected chi connectivity index (χ0v) is 24.7. The first-order chi connectivity index (χ1) is 21.1. The zero-order valence-electron chi connectivity index (χ0n) is 24.7. The molecule has 0 radical (unpaired) electrons. The number of hydrogen-bond acceptors (Lipinski definition) is 7. The predicted molar refractivity (Wildman–Crippen MR) is 160 cm³/mol. The van der Waals surface area contributed by atoms with Gasteiger partial charge in [0.15, 0.2) is 23.0 Å². The third kappa shape index (κ3) is 4.95. The van der Waals surface area contributed by atoms with Gasteiger partial charge in [0.05, 0.1) is 25.2 Å². The second-order valence-electron chi connectivity index (χ2n) is 11.4. The number of rotatable bonds is 7. The Hall–Kier alpha value is -4.24. The molecule has 0 aromatic heterocycles. The Kier molecular flexibility index (Phi) is 7.34. The van der Waals surface area contributed by atoms with E-state index in [4.69, 9.17) is 18.9 Å². The largest absolute Gasteiger partial charge is 0.490 e. The minimum Gasteiger partial charge on any atom is -0.490 e. The summed E-state index contributed by atoms with van der Waals surface area (Å²) in [5.74, 6) is 2.48. The summed E-state index contributed by atoms with van der Waals surface area (Å²) in [5.41, 5.74) is 4.67. The van der Waals surface area contributed by atoms with Crippen molar-refractivity contribution in [2.24, 2.45) is 0 Å². The van der Waals surface area contributed by atoms with Crippen LogP contribution in [0.4, 0.5) is 0 Å². The predicted octanol–water partition coefficient (Wildman–Crippen LogP) is 4.39. The first-order valence-electron chi connectivity index (χ1n) is 15.3. The first-order valence-corrected chi connectivity index (χ1v) is 15.3. The topological polar surface area (TPSA) is 80.8 Å². The molecule has 0 saturated carbocycles. The van der Waals surface area contributed by atoms with E-state index in [-0.39, 0.29) is 18.6 Å². The maximum atomic E-state index is 14.5. The van der Waals surface area contributed by atoms with Gasteiger partial charge in [0.25, 0.3) is 5.91 Å². The lowest BCUT2D eigenvalue weighted by Gasteiger charge is -2.47. The van der Waals surface area contributed by atoms with E-state index in [9.17, 15) is 9.59 Å². The van der Waals surface area contributed by atoms with Gasteiger partial charge in [-0.1, -0.05) is 24.3 Å². The van der Waals surface area contributed by atoms with E-state index in [0.717, 1.165) is 53.4 Å². The van der Waals surface area contributed by atoms with E-state index < -0.39 is 12.0 Å². The smallest absolute Gasteiger partial charge is 0.254 e. The first kappa shape index (κ1) is 27.6. The molecule has 4 heterocycles. The highest BCUT2D eigenvalue weighted by Gasteiger charge is 2.48. The molecule has 9 heteroatoms. The molecule has 0 spiro atoms. The van der Waals surface area contributed by atoms with E-state index in [2.05, 4.69) is 11.0 Å². The molecule has 0 bridgehead atoms. The second-order valence-corrected chi connectivity index (χ2v) is 11.4. The monoisotopic (exact) mass is 583 g/mol. The molecule has 3 aromatic carbocycles. The lowest BCUT2D eigenvalue weighted by Crippen LogP contribution is -2.54. The molecule has 0 aliphatic carbocycles. The van der Waals surface area contributed by atoms with E-state index in [1.54, 1.807) is 0 Å². The lowest BCUT2D eigenvalue weighted by atomic mass is 9.75. The van der Waals surface area contributed by atoms with Crippen molar-refractivity contribution in [3.63, 3.8) is 0 Å². The fourth-order valence-corrected chi connectivity index (χ4v) is 6.96. The third-order valence-electron chi connectivity index (χ3n) is 8.98. The zero-order chi connectivity index (χ0) is 29.5. The molecule has 3 aromatic rings. The summed E-state index contributed by atoms with van der Waals surface area (Å²) in [6.07, 6.45) is 0.700. The summed E-state index contributed by atoms with van der Waals surface area (Å²) in [7, 11) is 0. The van der Waals surface area contributed by atoms with Crippen LogP contribution in [0, 0.1) is 0 Å². The Bertz CT molecular complexity index is 1550. The fraction of sp³-hybridized carbons (Fsp3) is 0.412. The quantitative estimate of drug-likeness (QED) is 0.408. The maximum absolute atomic E-state index is 14.5. The van der Waals surface area contributed by atoms with Crippen LogP contribution in [0.15, 0.2) is 54.6 Å². The van der Waals surface area contributed by atoms with Crippen LogP contribution in [-0.2, 0) is 17.8 Å². The van der Waals surface area contributed by atoms with Gasteiger partial charge in [0.2, 0.25) is 12.7 Å². The van der Waals surface area contributed by atoms with Gasteiger partial charge in [0, 0.05) is 44.8 Å². The van der Waals surface area contributed by atoms with Crippen LogP contribution in [0.1, 0.15) is 58.4 Å². The molecular formula is C34H37N3O6. The van der Waals surface area contributed by atoms with Crippen molar-refractivity contribution in [3.8, 4) is 23.0 Å². The van der Waals surface area contributed by atoms with Crippen molar-refractivity contribution in [3.05, 3.63) is 82.4 Å². The Balaban J connectivity index is 1.17. The standard InChI is InChI=1S/C34H37N3O6/c1-3-40-29-18-23-11-12-37-32(26(23)19-30(29)41-4-2)31(24-7-5-6-8-25(24)33(37)38)34(39)36-15-13-35(14-16-36)20-22-9-10-27-28(17-22)43-21-42-27/h5-10,17-19,31-32H,3-4,11-16,20-21H2,1-2H3/t31-,32+/m1/s1. The SMILES string of the molecule is CCOc1cc2c(cc1OCC)[C@H]1[C@H](C(=O)N3CCN(Cc4ccc5c(c4)OCO5)CC3)c3ccccc3C(=O)N1CC2. The van der Waals surface area contributed by atoms with Crippen LogP contribution < -0.4 is 18.9 Å². The number of carbonyl (C=O) groups is 2. The molecule has 1 fully saturated rings. The van der Waals surface area contributed by atoms with Crippen molar-refractivity contribution in [2.75, 3.05) is 52.7 Å². The molecule has 9 nitrogen and oxygen atoms in total. The van der Waals surface area contributed by atoms with Crippen molar-refractivity contribution >= 4 is 11.8 Å². The molecule has 224 valence electrons. The second kappa shape index (κ2) is 11.4. The van der Waals surface area contributed by atoms with E-state index in [1.807, 2.05) is 72.2 Å². The minimum absolute atomic E-state index is 0.0179. The van der Waals surface area contributed by atoms with Crippen LogP contribution in [-0.4, -0.2) is 79.2 Å². The number of piperazine rings is 1. The molecule has 0 unspecified atom stereocenters. The normalized spacial score (nSPS) is 20.7. The Morgan fingerprint density at radius 3 is 2.40 bits per heavy atom. The van der Waals surface area contributed by atoms with Gasteiger partial charge < -0.3 is 28.7 Å². The molecule has 4 aliphatic heterocycles. The molecule has 0 N–H and O–H groups in total. The molecular weight excluding hydrogens is 546 g/mol. The van der Waals surface area contributed by atoms with Crippen LogP contribution in [0.3, 0.4) is 0 Å². The van der Waals surface area contributed by atoms with Crippen molar-refractivity contribution in [2.45, 2.75) is 38.8 Å². The lowest BCUT2D eigenvalue weighted by molar-refractivity contribution is -0.136. The molecule has 1 saturated heterocycles. The van der Waals surface area contributed by atoms with E-state index in [1.165, 1.54) is 0 Å². The number of hydrogen-bond donors (Lipinski definition) is 0. The average Bonchev–Trinajstić information content (AvgIpc) is 3.50. The van der Waals surface area contributed by atoms with Crippen molar-refractivity contribution in [1.82, 2.24) is 14.7 Å². The Morgan fingerprint density at radius 1 is 0.860 bits per heavy atom. The number of amides is 2. The van der Waals surface area contributed by atoms with Gasteiger partial charge in [0.1, 0.15) is 0 Å². The molecule has 2 atom stereocenters. The highest BCUT2D eigenvalue weighted by molar-refractivity contribution is 6.01. The number of carbonyl (C=O) groups excluding carboxylic acids is 2. The van der Waals surface area contributed by atoms with Gasteiger partial charge in [-0.25, -0.2) is 0 Å². The van der Waals surface area contributed by atoms with Gasteiger partial charge in [-0.2, -0.15) is 0 Å². The number of nitrogens with zero attached hydrogens (tertiary/aromatic N) is 3. The highest BCUT2D eigenvalue weighted by Crippen LogP contribution is 2.49. The molecule has 43 heavy (non-hydrogen) atoms. The maximum Gasteiger partial charge on any atom is 0.254 e. The summed E-state index contributed by atoms with van der Waals surface area (Å²) in [4.78, 5) is 34.6. The van der Waals surface area contributed by atoms with E-state index >= 15 is 0 Å². The summed E-state index contributed by atoms with van der Waals surface area (Å²) in [6.45, 7) is 9.32. The summed E-state index contributed by atoms with van der Waals surface area (Å²) in [6, 6.07) is 17.3. The van der Waals surface area contributed by atoms with Crippen LogP contribution in [0.2, 0.25) is 0 Å². The summed E-state index contributed by atoms with van der Waals surface area (Å²) < 4.78 is 22.9. The van der Waals surface area contributed by atoms with Crippen LogP contribution in [0.25, 0.3) is 0 Å². The van der Waals surface area contributed by atoms with Crippen LogP contribution >= 0.6 is 0 Å². The summed E-state index contributed by atoms with van der Waals surface area (Å²) >= 11 is 0. The average molecular weight is 584 g/mol. The summed E-state index contributed by atoms with van der Waals surface area (Å²) in [5, 5.41) is 0. The van der Waals surface area contributed by atoms with Gasteiger partial charge in [-0.05, 0) is 72.9 Å². The van der Waals surface area contributed by atoms with Gasteiger partial charge >= 0.3 is 0 Å². The molecule has 2 amide bonds. The van der Waals surface area contributed by atoms with Gasteiger partial charge in [-0.15, -0.1) is 0 Å². The van der Waals surface area contributed by atoms with Crippen molar-refractivity contribution < 1.29 is 28.5 Å². The van der Waals surface area contributed by atoms with Crippen LogP contribution in [0.5, 0.6) is 23.0 Å².